The summed E-state index contributed by atoms with van der Waals surface area (Å²) < 4.78 is 0. The van der Waals surface area contributed by atoms with Gasteiger partial charge in [-0.05, 0) is 30.2 Å². The number of carbonyl (C=O) groups is 1. The van der Waals surface area contributed by atoms with Crippen molar-refractivity contribution in [1.29, 1.82) is 0 Å². The van der Waals surface area contributed by atoms with Gasteiger partial charge in [0.15, 0.2) is 0 Å². The van der Waals surface area contributed by atoms with E-state index in [1.54, 1.807) is 11.0 Å². The minimum atomic E-state index is -0.270. The number of anilines is 2. The largest absolute Gasteiger partial charge is 0.398 e. The van der Waals surface area contributed by atoms with Crippen LogP contribution in [0.1, 0.15) is 12.0 Å². The molecule has 1 aliphatic rings. The molecule has 1 aliphatic heterocycles. The van der Waals surface area contributed by atoms with Crippen LogP contribution in [0.4, 0.5) is 11.4 Å². The van der Waals surface area contributed by atoms with Gasteiger partial charge in [0.2, 0.25) is 5.91 Å². The Balaban J connectivity index is 2.26. The van der Waals surface area contributed by atoms with E-state index in [4.69, 9.17) is 16.6 Å². The fourth-order valence-electron chi connectivity index (χ4n) is 2.10. The highest BCUT2D eigenvalue weighted by atomic mass is 16.3. The lowest BCUT2D eigenvalue weighted by molar-refractivity contribution is -0.121. The Labute approximate surface area is 100 Å². The number of carbonyl (C=O) groups excluding carboxylic acids is 1. The third kappa shape index (κ3) is 2.11. The fraction of sp³-hybridized carbons (Fsp3) is 0.417. The van der Waals surface area contributed by atoms with Gasteiger partial charge in [-0.25, -0.2) is 0 Å². The molecule has 1 heterocycles. The molecule has 1 aromatic carbocycles. The standard InChI is InChI=1S/C12H17N3O2/c13-6-9-5-10(1-2-11(9)14)15-4-3-8(7-16)12(15)17/h1-2,5,8,16H,3-4,6-7,13-14H2. The highest BCUT2D eigenvalue weighted by Gasteiger charge is 2.31. The summed E-state index contributed by atoms with van der Waals surface area (Å²) in [6, 6.07) is 5.41. The van der Waals surface area contributed by atoms with E-state index in [0.29, 0.717) is 25.2 Å². The minimum absolute atomic E-state index is 0.0276. The number of rotatable bonds is 3. The number of benzene rings is 1. The number of hydrogen-bond donors (Lipinski definition) is 3. The first-order chi connectivity index (χ1) is 8.17. The highest BCUT2D eigenvalue weighted by Crippen LogP contribution is 2.27. The Kier molecular flexibility index (Phi) is 3.31. The molecule has 2 rings (SSSR count). The first-order valence-corrected chi connectivity index (χ1v) is 5.68. The lowest BCUT2D eigenvalue weighted by Crippen LogP contribution is -2.28. The van der Waals surface area contributed by atoms with Crippen molar-refractivity contribution < 1.29 is 9.90 Å². The molecule has 5 nitrogen and oxygen atoms in total. The summed E-state index contributed by atoms with van der Waals surface area (Å²) in [5.74, 6) is -0.297. The summed E-state index contributed by atoms with van der Waals surface area (Å²) in [5, 5.41) is 9.06. The van der Waals surface area contributed by atoms with Gasteiger partial charge in [-0.15, -0.1) is 0 Å². The number of nitrogen functional groups attached to an aromatic ring is 1. The van der Waals surface area contributed by atoms with Crippen LogP contribution in [0.25, 0.3) is 0 Å². The molecule has 17 heavy (non-hydrogen) atoms. The monoisotopic (exact) mass is 235 g/mol. The van der Waals surface area contributed by atoms with Crippen molar-refractivity contribution in [2.75, 3.05) is 23.8 Å². The van der Waals surface area contributed by atoms with Gasteiger partial charge in [0.25, 0.3) is 0 Å². The van der Waals surface area contributed by atoms with E-state index >= 15 is 0 Å². The van der Waals surface area contributed by atoms with Crippen LogP contribution in [0.2, 0.25) is 0 Å². The first-order valence-electron chi connectivity index (χ1n) is 5.68. The van der Waals surface area contributed by atoms with Gasteiger partial charge in [-0.1, -0.05) is 0 Å². The molecule has 0 radical (unpaired) electrons. The summed E-state index contributed by atoms with van der Waals surface area (Å²) >= 11 is 0. The Morgan fingerprint density at radius 1 is 1.47 bits per heavy atom. The lowest BCUT2D eigenvalue weighted by Gasteiger charge is -2.18. The van der Waals surface area contributed by atoms with Crippen LogP contribution >= 0.6 is 0 Å². The number of nitrogens with two attached hydrogens (primary N) is 2. The quantitative estimate of drug-likeness (QED) is 0.646. The van der Waals surface area contributed by atoms with Crippen LogP contribution in [0.15, 0.2) is 18.2 Å². The minimum Gasteiger partial charge on any atom is -0.398 e. The van der Waals surface area contributed by atoms with Crippen molar-refractivity contribution >= 4 is 17.3 Å². The Hall–Kier alpha value is -1.59. The molecular weight excluding hydrogens is 218 g/mol. The first kappa shape index (κ1) is 11.9. The van der Waals surface area contributed by atoms with Gasteiger partial charge in [0, 0.05) is 24.5 Å². The van der Waals surface area contributed by atoms with Crippen molar-refractivity contribution in [3.63, 3.8) is 0 Å². The second-order valence-electron chi connectivity index (χ2n) is 4.25. The highest BCUT2D eigenvalue weighted by molar-refractivity contribution is 5.97. The third-order valence-corrected chi connectivity index (χ3v) is 3.19. The van der Waals surface area contributed by atoms with Gasteiger partial charge >= 0.3 is 0 Å². The zero-order valence-corrected chi connectivity index (χ0v) is 9.60. The molecule has 1 atom stereocenters. The Morgan fingerprint density at radius 3 is 2.82 bits per heavy atom. The van der Waals surface area contributed by atoms with Gasteiger partial charge < -0.3 is 21.5 Å². The summed E-state index contributed by atoms with van der Waals surface area (Å²) in [6.45, 7) is 0.900. The molecule has 1 aromatic rings. The molecule has 0 bridgehead atoms. The summed E-state index contributed by atoms with van der Waals surface area (Å²) in [6.07, 6.45) is 0.692. The molecule has 5 N–H and O–H groups in total. The average molecular weight is 235 g/mol. The maximum Gasteiger partial charge on any atom is 0.232 e. The van der Waals surface area contributed by atoms with Crippen LogP contribution in [0.5, 0.6) is 0 Å². The zero-order valence-electron chi connectivity index (χ0n) is 9.60. The van der Waals surface area contributed by atoms with Crippen molar-refractivity contribution in [2.45, 2.75) is 13.0 Å². The van der Waals surface area contributed by atoms with E-state index in [-0.39, 0.29) is 18.4 Å². The molecule has 0 aliphatic carbocycles. The van der Waals surface area contributed by atoms with Crippen molar-refractivity contribution in [1.82, 2.24) is 0 Å². The second kappa shape index (κ2) is 4.73. The van der Waals surface area contributed by atoms with E-state index in [2.05, 4.69) is 0 Å². The van der Waals surface area contributed by atoms with E-state index < -0.39 is 0 Å². The van der Waals surface area contributed by atoms with Crippen molar-refractivity contribution in [3.05, 3.63) is 23.8 Å². The predicted octanol–water partition coefficient (Wildman–Crippen LogP) is 0.0727. The smallest absolute Gasteiger partial charge is 0.232 e. The second-order valence-corrected chi connectivity index (χ2v) is 4.25. The number of amides is 1. The molecule has 0 spiro atoms. The average Bonchev–Trinajstić information content (AvgIpc) is 2.71. The summed E-state index contributed by atoms with van der Waals surface area (Å²) in [4.78, 5) is 13.6. The van der Waals surface area contributed by atoms with Crippen molar-refractivity contribution in [3.8, 4) is 0 Å². The van der Waals surface area contributed by atoms with Crippen molar-refractivity contribution in [2.24, 2.45) is 11.7 Å². The molecule has 1 saturated heterocycles. The Morgan fingerprint density at radius 2 is 2.24 bits per heavy atom. The van der Waals surface area contributed by atoms with Crippen LogP contribution in [0.3, 0.4) is 0 Å². The normalized spacial score (nSPS) is 20.0. The molecule has 1 unspecified atom stereocenters. The molecular formula is C12H17N3O2. The van der Waals surface area contributed by atoms with E-state index in [1.807, 2.05) is 12.1 Å². The molecule has 0 aromatic heterocycles. The zero-order chi connectivity index (χ0) is 12.4. The van der Waals surface area contributed by atoms with E-state index in [0.717, 1.165) is 11.3 Å². The van der Waals surface area contributed by atoms with Gasteiger partial charge in [-0.2, -0.15) is 0 Å². The molecule has 5 heteroatoms. The van der Waals surface area contributed by atoms with Crippen LogP contribution < -0.4 is 16.4 Å². The number of aliphatic hydroxyl groups is 1. The van der Waals surface area contributed by atoms with E-state index in [9.17, 15) is 4.79 Å². The molecule has 1 amide bonds. The van der Waals surface area contributed by atoms with Gasteiger partial charge in [0.05, 0.1) is 12.5 Å². The number of hydrogen-bond acceptors (Lipinski definition) is 4. The Bertz CT molecular complexity index is 434. The fourth-order valence-corrected chi connectivity index (χ4v) is 2.10. The van der Waals surface area contributed by atoms with Crippen LogP contribution in [-0.2, 0) is 11.3 Å². The SMILES string of the molecule is NCc1cc(N2CCC(CO)C2=O)ccc1N. The van der Waals surface area contributed by atoms with E-state index in [1.165, 1.54) is 0 Å². The van der Waals surface area contributed by atoms with Crippen LogP contribution in [0, 0.1) is 5.92 Å². The molecule has 1 fully saturated rings. The topological polar surface area (TPSA) is 92.6 Å². The van der Waals surface area contributed by atoms with Gasteiger partial charge in [-0.3, -0.25) is 4.79 Å². The number of aliphatic hydroxyl groups excluding tert-OH is 1. The number of nitrogens with zero attached hydrogens (tertiary/aromatic N) is 1. The third-order valence-electron chi connectivity index (χ3n) is 3.19. The summed E-state index contributed by atoms with van der Waals surface area (Å²) in [7, 11) is 0. The molecule has 92 valence electrons. The maximum absolute atomic E-state index is 11.9. The maximum atomic E-state index is 11.9. The predicted molar refractivity (Wildman–Crippen MR) is 66.3 cm³/mol. The summed E-state index contributed by atoms with van der Waals surface area (Å²) in [5.41, 5.74) is 13.6. The lowest BCUT2D eigenvalue weighted by atomic mass is 10.1. The van der Waals surface area contributed by atoms with Crippen LogP contribution in [-0.4, -0.2) is 24.2 Å². The van der Waals surface area contributed by atoms with Gasteiger partial charge in [0.1, 0.15) is 0 Å². The molecule has 0 saturated carbocycles.